The Hall–Kier alpha value is -1.82. The molecule has 0 aliphatic rings. The average Bonchev–Trinajstić information content (AvgIpc) is 2.16. The lowest BCUT2D eigenvalue weighted by Gasteiger charge is -2.12. The summed E-state index contributed by atoms with van der Waals surface area (Å²) in [7, 11) is 3.73. The van der Waals surface area contributed by atoms with Gasteiger partial charge in [0.1, 0.15) is 6.29 Å². The fourth-order valence-electron chi connectivity index (χ4n) is 1.03. The van der Waals surface area contributed by atoms with Crippen LogP contribution in [-0.4, -0.2) is 20.4 Å². The summed E-state index contributed by atoms with van der Waals surface area (Å²) >= 11 is 0. The van der Waals surface area contributed by atoms with Gasteiger partial charge in [-0.1, -0.05) is 0 Å². The van der Waals surface area contributed by atoms with Crippen LogP contribution in [0.15, 0.2) is 18.2 Å². The van der Waals surface area contributed by atoms with E-state index in [1.807, 2.05) is 25.1 Å². The third-order valence-corrected chi connectivity index (χ3v) is 1.72. The molecule has 0 spiro atoms. The summed E-state index contributed by atoms with van der Waals surface area (Å²) in [6.45, 7) is 0. The molecule has 3 nitrogen and oxygen atoms in total. The Labute approximate surface area is 77.2 Å². The zero-order valence-electron chi connectivity index (χ0n) is 7.61. The quantitative estimate of drug-likeness (QED) is 0.637. The maximum Gasteiger partial charge on any atom is 0.150 e. The van der Waals surface area contributed by atoms with E-state index in [-0.39, 0.29) is 0 Å². The van der Waals surface area contributed by atoms with Gasteiger partial charge in [-0.15, -0.1) is 0 Å². The monoisotopic (exact) mass is 174 g/mol. The van der Waals surface area contributed by atoms with Gasteiger partial charge in [0.2, 0.25) is 0 Å². The van der Waals surface area contributed by atoms with Crippen molar-refractivity contribution in [3.05, 3.63) is 29.3 Å². The van der Waals surface area contributed by atoms with Gasteiger partial charge in [-0.05, 0) is 18.2 Å². The number of carbonyl (C=O) groups excluding carboxylic acids is 1. The van der Waals surface area contributed by atoms with E-state index in [4.69, 9.17) is 5.26 Å². The number of rotatable bonds is 2. The van der Waals surface area contributed by atoms with Gasteiger partial charge in [-0.25, -0.2) is 0 Å². The molecule has 0 aliphatic heterocycles. The van der Waals surface area contributed by atoms with Crippen molar-refractivity contribution in [2.24, 2.45) is 0 Å². The van der Waals surface area contributed by atoms with Gasteiger partial charge >= 0.3 is 0 Å². The summed E-state index contributed by atoms with van der Waals surface area (Å²) < 4.78 is 0. The Morgan fingerprint density at radius 2 is 2.08 bits per heavy atom. The first-order chi connectivity index (χ1) is 6.17. The molecule has 0 saturated carbocycles. The second-order valence-corrected chi connectivity index (χ2v) is 2.94. The summed E-state index contributed by atoms with van der Waals surface area (Å²) in [4.78, 5) is 12.4. The predicted octanol–water partition coefficient (Wildman–Crippen LogP) is 1.44. The lowest BCUT2D eigenvalue weighted by Crippen LogP contribution is -2.09. The highest BCUT2D eigenvalue weighted by Gasteiger charge is 2.00. The lowest BCUT2D eigenvalue weighted by atomic mass is 10.1. The largest absolute Gasteiger partial charge is 0.378 e. The van der Waals surface area contributed by atoms with Crippen molar-refractivity contribution in [1.82, 2.24) is 0 Å². The molecule has 0 aromatic heterocycles. The van der Waals surface area contributed by atoms with Crippen LogP contribution < -0.4 is 4.90 Å². The molecule has 0 atom stereocenters. The van der Waals surface area contributed by atoms with Crippen molar-refractivity contribution in [2.45, 2.75) is 0 Å². The predicted molar refractivity (Wildman–Crippen MR) is 50.9 cm³/mol. The first-order valence-corrected chi connectivity index (χ1v) is 3.85. The second-order valence-electron chi connectivity index (χ2n) is 2.94. The van der Waals surface area contributed by atoms with E-state index in [0.29, 0.717) is 11.1 Å². The van der Waals surface area contributed by atoms with Crippen molar-refractivity contribution in [1.29, 1.82) is 5.26 Å². The van der Waals surface area contributed by atoms with E-state index in [9.17, 15) is 4.79 Å². The minimum atomic E-state index is 0.508. The molecule has 3 heteroatoms. The van der Waals surface area contributed by atoms with Gasteiger partial charge in [0.05, 0.1) is 11.6 Å². The number of carbonyl (C=O) groups is 1. The van der Waals surface area contributed by atoms with Gasteiger partial charge in [0.15, 0.2) is 0 Å². The van der Waals surface area contributed by atoms with Crippen molar-refractivity contribution in [2.75, 3.05) is 19.0 Å². The lowest BCUT2D eigenvalue weighted by molar-refractivity contribution is 0.112. The third-order valence-electron chi connectivity index (χ3n) is 1.72. The third kappa shape index (κ3) is 2.06. The van der Waals surface area contributed by atoms with Crippen LogP contribution >= 0.6 is 0 Å². The molecule has 0 amide bonds. The normalized spacial score (nSPS) is 9.00. The molecule has 1 aromatic rings. The standard InChI is InChI=1S/C10H10N2O/c1-12(2)10-4-8(6-11)3-9(5-10)7-13/h3-5,7H,1-2H3. The second kappa shape index (κ2) is 3.72. The van der Waals surface area contributed by atoms with Crippen LogP contribution in [0.5, 0.6) is 0 Å². The van der Waals surface area contributed by atoms with Crippen LogP contribution in [0.2, 0.25) is 0 Å². The molecular weight excluding hydrogens is 164 g/mol. The van der Waals surface area contributed by atoms with Gasteiger partial charge in [0, 0.05) is 25.3 Å². The average molecular weight is 174 g/mol. The Balaban J connectivity index is 3.24. The van der Waals surface area contributed by atoms with Crippen molar-refractivity contribution >= 4 is 12.0 Å². The van der Waals surface area contributed by atoms with E-state index >= 15 is 0 Å². The maximum absolute atomic E-state index is 10.5. The Morgan fingerprint density at radius 1 is 1.38 bits per heavy atom. The highest BCUT2D eigenvalue weighted by molar-refractivity contribution is 5.78. The van der Waals surface area contributed by atoms with Crippen LogP contribution in [0, 0.1) is 11.3 Å². The van der Waals surface area contributed by atoms with Crippen molar-refractivity contribution in [3.63, 3.8) is 0 Å². The molecule has 0 aliphatic carbocycles. The van der Waals surface area contributed by atoms with Crippen molar-refractivity contribution < 1.29 is 4.79 Å². The zero-order chi connectivity index (χ0) is 9.84. The highest BCUT2D eigenvalue weighted by atomic mass is 16.1. The summed E-state index contributed by atoms with van der Waals surface area (Å²) in [5.74, 6) is 0. The van der Waals surface area contributed by atoms with E-state index < -0.39 is 0 Å². The van der Waals surface area contributed by atoms with Crippen LogP contribution in [0.4, 0.5) is 5.69 Å². The van der Waals surface area contributed by atoms with Crippen LogP contribution in [0.3, 0.4) is 0 Å². The van der Waals surface area contributed by atoms with E-state index in [1.165, 1.54) is 0 Å². The molecule has 13 heavy (non-hydrogen) atoms. The smallest absolute Gasteiger partial charge is 0.150 e. The Kier molecular flexibility index (Phi) is 2.65. The summed E-state index contributed by atoms with van der Waals surface area (Å²) in [5.41, 5.74) is 1.90. The van der Waals surface area contributed by atoms with Gasteiger partial charge in [0.25, 0.3) is 0 Å². The topological polar surface area (TPSA) is 44.1 Å². The first kappa shape index (κ1) is 9.27. The van der Waals surface area contributed by atoms with Gasteiger partial charge in [-0.3, -0.25) is 4.79 Å². The number of benzene rings is 1. The van der Waals surface area contributed by atoms with E-state index in [2.05, 4.69) is 0 Å². The molecule has 66 valence electrons. The molecule has 1 aromatic carbocycles. The molecular formula is C10H10N2O. The highest BCUT2D eigenvalue weighted by Crippen LogP contribution is 2.15. The summed E-state index contributed by atoms with van der Waals surface area (Å²) in [6, 6.07) is 7.07. The molecule has 0 heterocycles. The SMILES string of the molecule is CN(C)c1cc(C#N)cc(C=O)c1. The number of nitrogens with zero attached hydrogens (tertiary/aromatic N) is 2. The van der Waals surface area contributed by atoms with Crippen LogP contribution in [0.25, 0.3) is 0 Å². The fourth-order valence-corrected chi connectivity index (χ4v) is 1.03. The number of nitriles is 1. The Bertz CT molecular complexity index is 364. The zero-order valence-corrected chi connectivity index (χ0v) is 7.61. The van der Waals surface area contributed by atoms with Crippen LogP contribution in [-0.2, 0) is 0 Å². The number of hydrogen-bond donors (Lipinski definition) is 0. The molecule has 0 N–H and O–H groups in total. The first-order valence-electron chi connectivity index (χ1n) is 3.85. The summed E-state index contributed by atoms with van der Waals surface area (Å²) in [5, 5.41) is 8.68. The fraction of sp³-hybridized carbons (Fsp3) is 0.200. The number of hydrogen-bond acceptors (Lipinski definition) is 3. The molecule has 0 unspecified atom stereocenters. The molecule has 0 bridgehead atoms. The van der Waals surface area contributed by atoms with Crippen LogP contribution in [0.1, 0.15) is 15.9 Å². The minimum absolute atomic E-state index is 0.508. The molecule has 1 rings (SSSR count). The van der Waals surface area contributed by atoms with Crippen molar-refractivity contribution in [3.8, 4) is 6.07 Å². The van der Waals surface area contributed by atoms with Gasteiger partial charge < -0.3 is 4.90 Å². The molecule has 0 saturated heterocycles. The molecule has 0 radical (unpaired) electrons. The molecule has 0 fully saturated rings. The van der Waals surface area contributed by atoms with E-state index in [1.54, 1.807) is 18.2 Å². The minimum Gasteiger partial charge on any atom is -0.378 e. The Morgan fingerprint density at radius 3 is 2.54 bits per heavy atom. The van der Waals surface area contributed by atoms with Gasteiger partial charge in [-0.2, -0.15) is 5.26 Å². The number of aldehydes is 1. The number of anilines is 1. The maximum atomic E-state index is 10.5. The van der Waals surface area contributed by atoms with E-state index in [0.717, 1.165) is 12.0 Å². The summed E-state index contributed by atoms with van der Waals surface area (Å²) in [6.07, 6.45) is 0.744.